The Balaban J connectivity index is 1.99. The highest BCUT2D eigenvalue weighted by Crippen LogP contribution is 2.36. The number of likely N-dealkylation sites (N-methyl/N-ethyl adjacent to an activating group) is 1. The van der Waals surface area contributed by atoms with Crippen molar-refractivity contribution in [2.45, 2.75) is 18.8 Å². The Morgan fingerprint density at radius 1 is 1.27 bits per heavy atom. The van der Waals surface area contributed by atoms with Gasteiger partial charge in [0, 0.05) is 6.54 Å². The number of hydrogen-bond acceptors (Lipinski definition) is 5. The summed E-state index contributed by atoms with van der Waals surface area (Å²) in [4.78, 5) is 24.7. The highest BCUT2D eigenvalue weighted by molar-refractivity contribution is 7.99. The molecule has 1 unspecified atom stereocenters. The molecular weight excluding hydrogens is 298 g/mol. The molecule has 1 saturated heterocycles. The lowest BCUT2D eigenvalue weighted by Crippen LogP contribution is -2.28. The molecule has 0 amide bonds. The van der Waals surface area contributed by atoms with Crippen LogP contribution in [0.3, 0.4) is 0 Å². The molecule has 1 aliphatic rings. The van der Waals surface area contributed by atoms with Gasteiger partial charge in [0.2, 0.25) is 0 Å². The van der Waals surface area contributed by atoms with Crippen LogP contribution in [0.1, 0.15) is 24.3 Å². The fourth-order valence-corrected chi connectivity index (χ4v) is 3.82. The van der Waals surface area contributed by atoms with E-state index in [9.17, 15) is 4.79 Å². The number of carbonyl (C=O) groups is 1. The summed E-state index contributed by atoms with van der Waals surface area (Å²) in [5.74, 6) is 2.09. The average molecular weight is 323 g/mol. The van der Waals surface area contributed by atoms with Crippen LogP contribution in [0.25, 0.3) is 0 Å². The zero-order valence-electron chi connectivity index (χ0n) is 13.4. The Labute approximate surface area is 137 Å². The lowest BCUT2D eigenvalue weighted by Gasteiger charge is -2.28. The predicted molar refractivity (Wildman–Crippen MR) is 89.8 cm³/mol. The normalized spacial score (nSPS) is 17.4. The van der Waals surface area contributed by atoms with Gasteiger partial charge in [-0.05, 0) is 49.9 Å². The first kappa shape index (κ1) is 17.3. The van der Waals surface area contributed by atoms with Gasteiger partial charge in [-0.1, -0.05) is 30.3 Å². The zero-order valence-corrected chi connectivity index (χ0v) is 14.2. The van der Waals surface area contributed by atoms with Crippen LogP contribution >= 0.6 is 11.8 Å². The van der Waals surface area contributed by atoms with E-state index < -0.39 is 0 Å². The topological polar surface area (TPSA) is 38.8 Å². The second-order valence-corrected chi connectivity index (χ2v) is 7.09. The van der Waals surface area contributed by atoms with Gasteiger partial charge in [-0.25, -0.2) is 4.79 Å². The van der Waals surface area contributed by atoms with Crippen LogP contribution < -0.4 is 0 Å². The quantitative estimate of drug-likeness (QED) is 0.438. The van der Waals surface area contributed by atoms with E-state index in [1.54, 1.807) is 0 Å². The minimum absolute atomic E-state index is 0.221. The Kier molecular flexibility index (Phi) is 7.22. The fourth-order valence-electron chi connectivity index (χ4n) is 2.68. The van der Waals surface area contributed by atoms with Gasteiger partial charge in [0.05, 0.1) is 5.92 Å². The highest BCUT2D eigenvalue weighted by Gasteiger charge is 2.33. The molecule has 4 nitrogen and oxygen atoms in total. The van der Waals surface area contributed by atoms with E-state index in [2.05, 4.69) is 0 Å². The standard InChI is InChI=1S/C17H25NO3S/c1-18(2)10-11-20-21-17(19)16(14-6-4-3-5-7-14)15-8-12-22-13-9-15/h3-7,15-16H,8-13H2,1-2H3. The zero-order chi connectivity index (χ0) is 15.8. The van der Waals surface area contributed by atoms with Crippen molar-refractivity contribution in [1.29, 1.82) is 0 Å². The van der Waals surface area contributed by atoms with Gasteiger partial charge in [-0.3, -0.25) is 4.89 Å². The number of rotatable bonds is 7. The van der Waals surface area contributed by atoms with Crippen LogP contribution in [0, 0.1) is 5.92 Å². The van der Waals surface area contributed by atoms with Gasteiger partial charge in [-0.2, -0.15) is 16.6 Å². The van der Waals surface area contributed by atoms with Crippen molar-refractivity contribution < 1.29 is 14.6 Å². The van der Waals surface area contributed by atoms with Crippen molar-refractivity contribution >= 4 is 17.7 Å². The first-order valence-corrected chi connectivity index (χ1v) is 8.94. The van der Waals surface area contributed by atoms with Crippen molar-refractivity contribution in [1.82, 2.24) is 4.90 Å². The van der Waals surface area contributed by atoms with E-state index in [0.717, 1.165) is 36.5 Å². The van der Waals surface area contributed by atoms with E-state index in [-0.39, 0.29) is 11.9 Å². The van der Waals surface area contributed by atoms with Crippen LogP contribution in [0.15, 0.2) is 30.3 Å². The Bertz CT molecular complexity index is 446. The third-order valence-corrected chi connectivity index (χ3v) is 4.96. The maximum Gasteiger partial charge on any atom is 0.350 e. The van der Waals surface area contributed by atoms with Crippen molar-refractivity contribution in [3.8, 4) is 0 Å². The largest absolute Gasteiger partial charge is 0.350 e. The molecule has 1 fully saturated rings. The van der Waals surface area contributed by atoms with E-state index in [1.165, 1.54) is 0 Å². The summed E-state index contributed by atoms with van der Waals surface area (Å²) in [6.07, 6.45) is 2.11. The van der Waals surface area contributed by atoms with Crippen LogP contribution in [0.4, 0.5) is 0 Å². The van der Waals surface area contributed by atoms with Crippen LogP contribution in [-0.4, -0.2) is 49.6 Å². The minimum Gasteiger partial charge on any atom is -0.307 e. The summed E-state index contributed by atoms with van der Waals surface area (Å²) in [6.45, 7) is 1.12. The minimum atomic E-state index is -0.262. The molecule has 2 rings (SSSR count). The number of carbonyl (C=O) groups excluding carboxylic acids is 1. The predicted octanol–water partition coefficient (Wildman–Crippen LogP) is 2.95. The summed E-state index contributed by atoms with van der Waals surface area (Å²) in [6, 6.07) is 9.93. The Morgan fingerprint density at radius 2 is 1.95 bits per heavy atom. The summed E-state index contributed by atoms with van der Waals surface area (Å²) in [5.41, 5.74) is 1.03. The Hall–Kier alpha value is -1.04. The lowest BCUT2D eigenvalue weighted by molar-refractivity contribution is -0.275. The molecule has 0 bridgehead atoms. The first-order valence-electron chi connectivity index (χ1n) is 7.79. The molecule has 0 N–H and O–H groups in total. The highest BCUT2D eigenvalue weighted by atomic mass is 32.2. The number of nitrogens with zero attached hydrogens (tertiary/aromatic N) is 1. The Morgan fingerprint density at radius 3 is 2.59 bits per heavy atom. The molecule has 5 heteroatoms. The van der Waals surface area contributed by atoms with E-state index >= 15 is 0 Å². The molecular formula is C17H25NO3S. The van der Waals surface area contributed by atoms with Gasteiger partial charge in [0.1, 0.15) is 6.61 Å². The number of hydrogen-bond donors (Lipinski definition) is 0. The SMILES string of the molecule is CN(C)CCOOC(=O)C(c1ccccc1)C1CCSCC1. The smallest absolute Gasteiger partial charge is 0.307 e. The third kappa shape index (κ3) is 5.30. The molecule has 1 aliphatic heterocycles. The summed E-state index contributed by atoms with van der Waals surface area (Å²) >= 11 is 1.96. The van der Waals surface area contributed by atoms with E-state index in [4.69, 9.17) is 9.78 Å². The molecule has 1 heterocycles. The van der Waals surface area contributed by atoms with Crippen LogP contribution in [0.2, 0.25) is 0 Å². The molecule has 0 radical (unpaired) electrons. The molecule has 0 aromatic heterocycles. The van der Waals surface area contributed by atoms with E-state index in [1.807, 2.05) is 61.1 Å². The second kappa shape index (κ2) is 9.18. The molecule has 0 saturated carbocycles. The first-order chi connectivity index (χ1) is 10.7. The second-order valence-electron chi connectivity index (χ2n) is 5.87. The van der Waals surface area contributed by atoms with Crippen LogP contribution in [0.5, 0.6) is 0 Å². The molecule has 0 aliphatic carbocycles. The third-order valence-electron chi connectivity index (χ3n) is 3.91. The monoisotopic (exact) mass is 323 g/mol. The average Bonchev–Trinajstić information content (AvgIpc) is 2.54. The summed E-state index contributed by atoms with van der Waals surface area (Å²) in [5, 5.41) is 0. The van der Waals surface area contributed by atoms with Crippen molar-refractivity contribution in [2.75, 3.05) is 38.8 Å². The van der Waals surface area contributed by atoms with Gasteiger partial charge >= 0.3 is 5.97 Å². The van der Waals surface area contributed by atoms with Crippen molar-refractivity contribution in [3.05, 3.63) is 35.9 Å². The van der Waals surface area contributed by atoms with Gasteiger partial charge in [0.25, 0.3) is 0 Å². The number of thioether (sulfide) groups is 1. The fraction of sp³-hybridized carbons (Fsp3) is 0.588. The van der Waals surface area contributed by atoms with Crippen molar-refractivity contribution in [3.63, 3.8) is 0 Å². The molecule has 0 spiro atoms. The van der Waals surface area contributed by atoms with Crippen molar-refractivity contribution in [2.24, 2.45) is 5.92 Å². The van der Waals surface area contributed by atoms with Gasteiger partial charge in [0.15, 0.2) is 0 Å². The molecule has 22 heavy (non-hydrogen) atoms. The lowest BCUT2D eigenvalue weighted by atomic mass is 9.82. The molecule has 1 aromatic rings. The summed E-state index contributed by atoms with van der Waals surface area (Å²) in [7, 11) is 3.91. The summed E-state index contributed by atoms with van der Waals surface area (Å²) < 4.78 is 0. The molecule has 1 atom stereocenters. The van der Waals surface area contributed by atoms with Gasteiger partial charge < -0.3 is 4.90 Å². The molecule has 122 valence electrons. The maximum absolute atomic E-state index is 12.5. The van der Waals surface area contributed by atoms with E-state index in [0.29, 0.717) is 12.5 Å². The number of benzene rings is 1. The molecule has 1 aromatic carbocycles. The maximum atomic E-state index is 12.5. The van der Waals surface area contributed by atoms with Crippen LogP contribution in [-0.2, 0) is 14.6 Å². The van der Waals surface area contributed by atoms with Gasteiger partial charge in [-0.15, -0.1) is 0 Å².